The van der Waals surface area contributed by atoms with Crippen molar-refractivity contribution < 1.29 is 23.1 Å². The highest BCUT2D eigenvalue weighted by atomic mass is 31.2. The van der Waals surface area contributed by atoms with Gasteiger partial charge < -0.3 is 13.8 Å². The Morgan fingerprint density at radius 2 is 2.00 bits per heavy atom. The van der Waals surface area contributed by atoms with Crippen LogP contribution >= 0.6 is 7.60 Å². The summed E-state index contributed by atoms with van der Waals surface area (Å²) in [5.41, 5.74) is 0. The summed E-state index contributed by atoms with van der Waals surface area (Å²) in [7, 11) is -0.855. The van der Waals surface area contributed by atoms with Gasteiger partial charge in [0.2, 0.25) is 0 Å². The number of carbonyl (C=O) groups excluding carboxylic acids is 1. The summed E-state index contributed by atoms with van der Waals surface area (Å²) in [6.45, 7) is 0. The molecule has 0 heterocycles. The Morgan fingerprint density at radius 1 is 1.46 bits per heavy atom. The van der Waals surface area contributed by atoms with E-state index in [1.165, 1.54) is 14.2 Å². The molecule has 13 heavy (non-hydrogen) atoms. The van der Waals surface area contributed by atoms with Crippen LogP contribution in [0.25, 0.3) is 0 Å². The molecule has 0 rings (SSSR count). The maximum atomic E-state index is 11.3. The van der Waals surface area contributed by atoms with Crippen molar-refractivity contribution in [1.29, 1.82) is 0 Å². The Hall–Kier alpha value is -0.820. The highest BCUT2D eigenvalue weighted by Crippen LogP contribution is 2.46. The van der Waals surface area contributed by atoms with Gasteiger partial charge in [0.1, 0.15) is 6.42 Å². The van der Waals surface area contributed by atoms with Gasteiger partial charge in [0.05, 0.1) is 0 Å². The molecule has 0 fully saturated rings. The largest absolute Gasteiger partial charge is 0.452 e. The quantitative estimate of drug-likeness (QED) is 0.381. The SMILES string of the molecule is C#CCC(=O)OCP(=O)(OC)OC. The van der Waals surface area contributed by atoms with Crippen molar-refractivity contribution in [2.24, 2.45) is 0 Å². The molecule has 74 valence electrons. The topological polar surface area (TPSA) is 61.8 Å². The van der Waals surface area contributed by atoms with E-state index < -0.39 is 19.9 Å². The average molecular weight is 206 g/mol. The number of carbonyl (C=O) groups is 1. The van der Waals surface area contributed by atoms with E-state index >= 15 is 0 Å². The van der Waals surface area contributed by atoms with Crippen molar-refractivity contribution in [3.63, 3.8) is 0 Å². The molecule has 0 aliphatic rings. The highest BCUT2D eigenvalue weighted by molar-refractivity contribution is 7.53. The van der Waals surface area contributed by atoms with Gasteiger partial charge in [-0.15, -0.1) is 6.42 Å². The molecule has 0 spiro atoms. The lowest BCUT2D eigenvalue weighted by molar-refractivity contribution is -0.140. The number of terminal acetylenes is 1. The van der Waals surface area contributed by atoms with E-state index in [4.69, 9.17) is 6.42 Å². The van der Waals surface area contributed by atoms with Crippen molar-refractivity contribution in [1.82, 2.24) is 0 Å². The molecular weight excluding hydrogens is 195 g/mol. The summed E-state index contributed by atoms with van der Waals surface area (Å²) >= 11 is 0. The standard InChI is InChI=1S/C7H11O5P/c1-4-5-7(8)12-6-13(9,10-2)11-3/h1H,5-6H2,2-3H3. The first-order chi connectivity index (χ1) is 6.08. The zero-order chi connectivity index (χ0) is 10.3. The molecule has 0 saturated heterocycles. The predicted molar refractivity (Wildman–Crippen MR) is 46.0 cm³/mol. The smallest absolute Gasteiger partial charge is 0.367 e. The van der Waals surface area contributed by atoms with Crippen molar-refractivity contribution >= 4 is 13.6 Å². The Bertz CT molecular complexity index is 246. The third-order valence-electron chi connectivity index (χ3n) is 1.19. The normalized spacial score (nSPS) is 10.5. The van der Waals surface area contributed by atoms with Gasteiger partial charge in [0, 0.05) is 14.2 Å². The second-order valence-electron chi connectivity index (χ2n) is 2.00. The lowest BCUT2D eigenvalue weighted by Crippen LogP contribution is -2.06. The molecule has 0 aliphatic heterocycles. The molecule has 0 N–H and O–H groups in total. The van der Waals surface area contributed by atoms with Gasteiger partial charge in [0.25, 0.3) is 0 Å². The molecule has 0 radical (unpaired) electrons. The van der Waals surface area contributed by atoms with Crippen LogP contribution in [0.4, 0.5) is 0 Å². The Kier molecular flexibility index (Phi) is 5.40. The van der Waals surface area contributed by atoms with Gasteiger partial charge in [-0.25, -0.2) is 0 Å². The molecule has 0 saturated carbocycles. The van der Waals surface area contributed by atoms with E-state index in [0.717, 1.165) is 0 Å². The first-order valence-corrected chi connectivity index (χ1v) is 5.10. The molecule has 0 unspecified atom stereocenters. The number of rotatable bonds is 5. The zero-order valence-electron chi connectivity index (χ0n) is 7.48. The van der Waals surface area contributed by atoms with Crippen LogP contribution in [0.2, 0.25) is 0 Å². The van der Waals surface area contributed by atoms with Crippen LogP contribution in [0.15, 0.2) is 0 Å². The maximum Gasteiger partial charge on any atom is 0.367 e. The van der Waals surface area contributed by atoms with Gasteiger partial charge >= 0.3 is 13.6 Å². The van der Waals surface area contributed by atoms with E-state index in [2.05, 4.69) is 19.7 Å². The third-order valence-corrected chi connectivity index (χ3v) is 2.74. The summed E-state index contributed by atoms with van der Waals surface area (Å²) in [5, 5.41) is 0. The average Bonchev–Trinajstić information content (AvgIpc) is 2.15. The molecular formula is C7H11O5P. The molecule has 0 aromatic carbocycles. The minimum atomic E-state index is -3.27. The molecule has 0 aromatic heterocycles. The molecule has 5 nitrogen and oxygen atoms in total. The van der Waals surface area contributed by atoms with Gasteiger partial charge in [0.15, 0.2) is 6.35 Å². The van der Waals surface area contributed by atoms with E-state index in [0.29, 0.717) is 0 Å². The molecule has 0 aromatic rings. The van der Waals surface area contributed by atoms with Crippen LogP contribution in [-0.2, 0) is 23.1 Å². The number of ether oxygens (including phenoxy) is 1. The van der Waals surface area contributed by atoms with E-state index in [9.17, 15) is 9.36 Å². The van der Waals surface area contributed by atoms with Gasteiger partial charge in [-0.3, -0.25) is 9.36 Å². The molecule has 0 bridgehead atoms. The highest BCUT2D eigenvalue weighted by Gasteiger charge is 2.23. The van der Waals surface area contributed by atoms with Gasteiger partial charge in [-0.05, 0) is 0 Å². The lowest BCUT2D eigenvalue weighted by Gasteiger charge is -2.12. The summed E-state index contributed by atoms with van der Waals surface area (Å²) in [6, 6.07) is 0. The fraction of sp³-hybridized carbons (Fsp3) is 0.571. The number of esters is 1. The van der Waals surface area contributed by atoms with Gasteiger partial charge in [-0.1, -0.05) is 5.92 Å². The minimum Gasteiger partial charge on any atom is -0.452 e. The summed E-state index contributed by atoms with van der Waals surface area (Å²) in [6.07, 6.45) is 4.28. The van der Waals surface area contributed by atoms with E-state index in [1.807, 2.05) is 0 Å². The van der Waals surface area contributed by atoms with Crippen LogP contribution in [0.5, 0.6) is 0 Å². The fourth-order valence-electron chi connectivity index (χ4n) is 0.465. The zero-order valence-corrected chi connectivity index (χ0v) is 8.37. The number of hydrogen-bond donors (Lipinski definition) is 0. The third kappa shape index (κ3) is 4.69. The van der Waals surface area contributed by atoms with Crippen LogP contribution < -0.4 is 0 Å². The Morgan fingerprint density at radius 3 is 2.38 bits per heavy atom. The fourth-order valence-corrected chi connectivity index (χ4v) is 1.13. The number of hydrogen-bond acceptors (Lipinski definition) is 5. The Labute approximate surface area is 76.9 Å². The molecule has 6 heteroatoms. The summed E-state index contributed by atoms with van der Waals surface area (Å²) in [5.74, 6) is 1.47. The van der Waals surface area contributed by atoms with E-state index in [1.54, 1.807) is 0 Å². The monoisotopic (exact) mass is 206 g/mol. The van der Waals surface area contributed by atoms with Crippen LogP contribution in [-0.4, -0.2) is 26.5 Å². The second-order valence-corrected chi connectivity index (χ2v) is 4.21. The Balaban J connectivity index is 3.94. The lowest BCUT2D eigenvalue weighted by atomic mass is 10.5. The van der Waals surface area contributed by atoms with Crippen molar-refractivity contribution in [2.75, 3.05) is 20.6 Å². The molecule has 0 amide bonds. The molecule has 0 atom stereocenters. The van der Waals surface area contributed by atoms with Crippen LogP contribution in [0, 0.1) is 12.3 Å². The maximum absolute atomic E-state index is 11.3. The first kappa shape index (κ1) is 12.2. The van der Waals surface area contributed by atoms with Crippen molar-refractivity contribution in [3.8, 4) is 12.3 Å². The molecule has 0 aliphatic carbocycles. The van der Waals surface area contributed by atoms with E-state index in [-0.39, 0.29) is 6.42 Å². The van der Waals surface area contributed by atoms with Crippen LogP contribution in [0.3, 0.4) is 0 Å². The van der Waals surface area contributed by atoms with Gasteiger partial charge in [-0.2, -0.15) is 0 Å². The summed E-state index contributed by atoms with van der Waals surface area (Å²) < 4.78 is 24.9. The minimum absolute atomic E-state index is 0.159. The van der Waals surface area contributed by atoms with Crippen molar-refractivity contribution in [2.45, 2.75) is 6.42 Å². The predicted octanol–water partition coefficient (Wildman–Crippen LogP) is 0.996. The second kappa shape index (κ2) is 5.76. The van der Waals surface area contributed by atoms with Crippen LogP contribution in [0.1, 0.15) is 6.42 Å². The van der Waals surface area contributed by atoms with Crippen molar-refractivity contribution in [3.05, 3.63) is 0 Å². The summed E-state index contributed by atoms with van der Waals surface area (Å²) in [4.78, 5) is 10.7. The first-order valence-electron chi connectivity index (χ1n) is 3.37.